The van der Waals surface area contributed by atoms with Crippen LogP contribution in [-0.2, 0) is 9.59 Å². The maximum atomic E-state index is 11.9. The van der Waals surface area contributed by atoms with Crippen molar-refractivity contribution in [3.63, 3.8) is 0 Å². The highest BCUT2D eigenvalue weighted by Crippen LogP contribution is 2.30. The van der Waals surface area contributed by atoms with Gasteiger partial charge in [-0.05, 0) is 11.6 Å². The van der Waals surface area contributed by atoms with Gasteiger partial charge in [-0.2, -0.15) is 0 Å². The van der Waals surface area contributed by atoms with Gasteiger partial charge < -0.3 is 16.0 Å². The Bertz CT molecular complexity index is 445. The molecule has 1 aromatic carbocycles. The fourth-order valence-corrected chi connectivity index (χ4v) is 1.90. The molecule has 90 valence electrons. The second-order valence-corrected chi connectivity index (χ2v) is 3.91. The van der Waals surface area contributed by atoms with Gasteiger partial charge in [-0.25, -0.2) is 0 Å². The Kier molecular flexibility index (Phi) is 3.27. The summed E-state index contributed by atoms with van der Waals surface area (Å²) in [6.45, 7) is 0.604. The van der Waals surface area contributed by atoms with Gasteiger partial charge in [-0.15, -0.1) is 0 Å². The quantitative estimate of drug-likeness (QED) is 0.691. The lowest BCUT2D eigenvalue weighted by atomic mass is 10.0. The van der Waals surface area contributed by atoms with Crippen molar-refractivity contribution in [2.45, 2.75) is 5.92 Å². The molecule has 3 N–H and O–H groups in total. The predicted molar refractivity (Wildman–Crippen MR) is 64.7 cm³/mol. The van der Waals surface area contributed by atoms with E-state index in [2.05, 4.69) is 16.0 Å². The Morgan fingerprint density at radius 3 is 2.94 bits per heavy atom. The topological polar surface area (TPSA) is 70.2 Å². The minimum Gasteiger partial charge on any atom is -0.384 e. The van der Waals surface area contributed by atoms with E-state index in [0.29, 0.717) is 6.54 Å². The van der Waals surface area contributed by atoms with Crippen LogP contribution in [0.2, 0.25) is 0 Å². The van der Waals surface area contributed by atoms with E-state index in [1.54, 1.807) is 7.05 Å². The van der Waals surface area contributed by atoms with E-state index < -0.39 is 0 Å². The van der Waals surface area contributed by atoms with E-state index in [1.807, 2.05) is 24.3 Å². The highest BCUT2D eigenvalue weighted by Gasteiger charge is 2.27. The molecule has 0 radical (unpaired) electrons. The molecule has 2 rings (SSSR count). The first-order chi connectivity index (χ1) is 8.22. The molecule has 0 bridgehead atoms. The summed E-state index contributed by atoms with van der Waals surface area (Å²) in [5, 5.41) is 8.26. The average Bonchev–Trinajstić information content (AvgIpc) is 2.79. The smallest absolute Gasteiger partial charge is 0.239 e. The number of likely N-dealkylation sites (N-methyl/N-ethyl adjacent to an activating group) is 1. The molecular formula is C12H15N3O2. The first-order valence-electron chi connectivity index (χ1n) is 5.53. The van der Waals surface area contributed by atoms with E-state index in [1.165, 1.54) is 0 Å². The Hall–Kier alpha value is -2.04. The number of amides is 2. The van der Waals surface area contributed by atoms with Gasteiger partial charge in [0, 0.05) is 19.3 Å². The third kappa shape index (κ3) is 2.38. The molecule has 2 amide bonds. The highest BCUT2D eigenvalue weighted by atomic mass is 16.2. The van der Waals surface area contributed by atoms with E-state index >= 15 is 0 Å². The number of fused-ring (bicyclic) bond motifs is 1. The van der Waals surface area contributed by atoms with Crippen molar-refractivity contribution in [2.24, 2.45) is 0 Å². The van der Waals surface area contributed by atoms with Crippen LogP contribution in [0.5, 0.6) is 0 Å². The SMILES string of the molecule is CNC(=O)CNC(=O)C1CNc2ccccc21. The number of hydrogen-bond acceptors (Lipinski definition) is 3. The van der Waals surface area contributed by atoms with Crippen molar-refractivity contribution in [2.75, 3.05) is 25.5 Å². The molecule has 0 aromatic heterocycles. The van der Waals surface area contributed by atoms with Crippen molar-refractivity contribution in [3.05, 3.63) is 29.8 Å². The monoisotopic (exact) mass is 233 g/mol. The molecule has 1 aliphatic rings. The molecule has 0 spiro atoms. The number of benzene rings is 1. The van der Waals surface area contributed by atoms with Crippen molar-refractivity contribution in [1.29, 1.82) is 0 Å². The molecule has 0 fully saturated rings. The second kappa shape index (κ2) is 4.86. The van der Waals surface area contributed by atoms with Gasteiger partial charge in [0.05, 0.1) is 12.5 Å². The number of para-hydroxylation sites is 1. The molecule has 1 aliphatic heterocycles. The third-order valence-corrected chi connectivity index (χ3v) is 2.85. The highest BCUT2D eigenvalue weighted by molar-refractivity contribution is 5.91. The van der Waals surface area contributed by atoms with Crippen LogP contribution < -0.4 is 16.0 Å². The van der Waals surface area contributed by atoms with Crippen LogP contribution in [0.1, 0.15) is 11.5 Å². The zero-order chi connectivity index (χ0) is 12.3. The maximum Gasteiger partial charge on any atom is 0.239 e. The molecule has 1 heterocycles. The Labute approximate surface area is 99.6 Å². The summed E-state index contributed by atoms with van der Waals surface area (Å²) in [5.41, 5.74) is 1.98. The predicted octanol–water partition coefficient (Wildman–Crippen LogP) is 0.0579. The minimum absolute atomic E-state index is 0.0218. The van der Waals surface area contributed by atoms with E-state index in [9.17, 15) is 9.59 Å². The fourth-order valence-electron chi connectivity index (χ4n) is 1.90. The fraction of sp³-hybridized carbons (Fsp3) is 0.333. The van der Waals surface area contributed by atoms with E-state index in [0.717, 1.165) is 11.3 Å². The summed E-state index contributed by atoms with van der Waals surface area (Å²) in [5.74, 6) is -0.528. The van der Waals surface area contributed by atoms with Crippen LogP contribution in [0.15, 0.2) is 24.3 Å². The summed E-state index contributed by atoms with van der Waals surface area (Å²) in [6, 6.07) is 7.71. The molecule has 0 saturated carbocycles. The van der Waals surface area contributed by atoms with Gasteiger partial charge in [-0.1, -0.05) is 18.2 Å². The molecule has 17 heavy (non-hydrogen) atoms. The van der Waals surface area contributed by atoms with Gasteiger partial charge in [0.1, 0.15) is 0 Å². The minimum atomic E-state index is -0.212. The summed E-state index contributed by atoms with van der Waals surface area (Å²) in [4.78, 5) is 22.9. The zero-order valence-electron chi connectivity index (χ0n) is 9.62. The molecule has 1 atom stereocenters. The van der Waals surface area contributed by atoms with Crippen LogP contribution in [0.25, 0.3) is 0 Å². The van der Waals surface area contributed by atoms with Crippen molar-refractivity contribution in [3.8, 4) is 0 Å². The summed E-state index contributed by atoms with van der Waals surface area (Å²) in [7, 11) is 1.54. The first-order valence-corrected chi connectivity index (χ1v) is 5.53. The van der Waals surface area contributed by atoms with Crippen molar-refractivity contribution in [1.82, 2.24) is 10.6 Å². The average molecular weight is 233 g/mol. The summed E-state index contributed by atoms with van der Waals surface area (Å²) < 4.78 is 0. The Morgan fingerprint density at radius 1 is 1.41 bits per heavy atom. The molecule has 5 heteroatoms. The normalized spacial score (nSPS) is 16.9. The van der Waals surface area contributed by atoms with Crippen LogP contribution in [-0.4, -0.2) is 32.0 Å². The standard InChI is InChI=1S/C12H15N3O2/c1-13-11(16)7-15-12(17)9-6-14-10-5-3-2-4-8(9)10/h2-5,9,14H,6-7H2,1H3,(H,13,16)(H,15,17). The van der Waals surface area contributed by atoms with Gasteiger partial charge in [0.15, 0.2) is 0 Å². The molecule has 0 saturated heterocycles. The molecular weight excluding hydrogens is 218 g/mol. The lowest BCUT2D eigenvalue weighted by Crippen LogP contribution is -2.38. The third-order valence-electron chi connectivity index (χ3n) is 2.85. The molecule has 0 aliphatic carbocycles. The van der Waals surface area contributed by atoms with Crippen LogP contribution in [0.4, 0.5) is 5.69 Å². The molecule has 1 aromatic rings. The zero-order valence-corrected chi connectivity index (χ0v) is 9.62. The summed E-state index contributed by atoms with van der Waals surface area (Å²) >= 11 is 0. The Balaban J connectivity index is 2.00. The van der Waals surface area contributed by atoms with Gasteiger partial charge >= 0.3 is 0 Å². The molecule has 1 unspecified atom stereocenters. The van der Waals surface area contributed by atoms with Gasteiger partial charge in [0.25, 0.3) is 0 Å². The molecule has 5 nitrogen and oxygen atoms in total. The van der Waals surface area contributed by atoms with Crippen LogP contribution in [0.3, 0.4) is 0 Å². The van der Waals surface area contributed by atoms with Gasteiger partial charge in [0.2, 0.25) is 11.8 Å². The largest absolute Gasteiger partial charge is 0.384 e. The number of anilines is 1. The van der Waals surface area contributed by atoms with Crippen molar-refractivity contribution >= 4 is 17.5 Å². The summed E-state index contributed by atoms with van der Waals surface area (Å²) in [6.07, 6.45) is 0. The number of nitrogens with one attached hydrogen (secondary N) is 3. The number of rotatable bonds is 3. The first kappa shape index (κ1) is 11.4. The van der Waals surface area contributed by atoms with Crippen LogP contribution in [0, 0.1) is 0 Å². The maximum absolute atomic E-state index is 11.9. The van der Waals surface area contributed by atoms with Crippen molar-refractivity contribution < 1.29 is 9.59 Å². The lowest BCUT2D eigenvalue weighted by Gasteiger charge is -2.10. The number of carbonyl (C=O) groups is 2. The Morgan fingerprint density at radius 2 is 2.18 bits per heavy atom. The van der Waals surface area contributed by atoms with E-state index in [4.69, 9.17) is 0 Å². The lowest BCUT2D eigenvalue weighted by molar-refractivity contribution is -0.126. The van der Waals surface area contributed by atoms with Crippen LogP contribution >= 0.6 is 0 Å². The van der Waals surface area contributed by atoms with Gasteiger partial charge in [-0.3, -0.25) is 9.59 Å². The second-order valence-electron chi connectivity index (χ2n) is 3.91. The van der Waals surface area contributed by atoms with E-state index in [-0.39, 0.29) is 24.3 Å². The number of hydrogen-bond donors (Lipinski definition) is 3. The number of carbonyl (C=O) groups excluding carboxylic acids is 2.